The van der Waals surface area contributed by atoms with E-state index in [1.807, 2.05) is 0 Å². The summed E-state index contributed by atoms with van der Waals surface area (Å²) in [5.41, 5.74) is 1.72. The van der Waals surface area contributed by atoms with Crippen LogP contribution in [0.4, 0.5) is 0 Å². The molecule has 7 heteroatoms. The van der Waals surface area contributed by atoms with Gasteiger partial charge in [0, 0.05) is 26.2 Å². The summed E-state index contributed by atoms with van der Waals surface area (Å²) in [4.78, 5) is 36.7. The van der Waals surface area contributed by atoms with E-state index in [9.17, 15) is 14.4 Å². The van der Waals surface area contributed by atoms with Crippen molar-refractivity contribution in [3.05, 3.63) is 65.2 Å². The van der Waals surface area contributed by atoms with E-state index < -0.39 is 5.97 Å². The van der Waals surface area contributed by atoms with E-state index in [0.717, 1.165) is 5.56 Å². The Morgan fingerprint density at radius 2 is 1.70 bits per heavy atom. The van der Waals surface area contributed by atoms with Crippen LogP contribution in [0, 0.1) is 0 Å². The first kappa shape index (κ1) is 20.0. The number of carbonyl (C=O) groups is 3. The lowest BCUT2D eigenvalue weighted by Crippen LogP contribution is -2.27. The Bertz CT molecular complexity index is 815. The largest absolute Gasteiger partial charge is 0.484 e. The summed E-state index contributed by atoms with van der Waals surface area (Å²) in [6.45, 7) is 0.217. The Morgan fingerprint density at radius 3 is 2.33 bits per heavy atom. The van der Waals surface area contributed by atoms with Crippen LogP contribution in [0.1, 0.15) is 26.3 Å². The van der Waals surface area contributed by atoms with E-state index >= 15 is 0 Å². The molecule has 0 radical (unpaired) electrons. The molecular formula is C20H22N2O5. The molecule has 0 aliphatic carbocycles. The minimum Gasteiger partial charge on any atom is -0.484 e. The number of carbonyl (C=O) groups excluding carboxylic acids is 3. The number of esters is 1. The maximum absolute atomic E-state index is 12.3. The molecule has 0 atom stereocenters. The van der Waals surface area contributed by atoms with Crippen LogP contribution in [-0.2, 0) is 16.1 Å². The number of methoxy groups -OCH3 is 1. The van der Waals surface area contributed by atoms with Gasteiger partial charge in [0.2, 0.25) is 0 Å². The fourth-order valence-corrected chi connectivity index (χ4v) is 2.16. The molecule has 0 aliphatic heterocycles. The smallest absolute Gasteiger partial charge is 0.337 e. The highest BCUT2D eigenvalue weighted by molar-refractivity contribution is 5.94. The highest BCUT2D eigenvalue weighted by atomic mass is 16.5. The first-order valence-corrected chi connectivity index (χ1v) is 8.29. The van der Waals surface area contributed by atoms with Crippen molar-refractivity contribution in [1.82, 2.24) is 10.2 Å². The minimum atomic E-state index is -0.407. The van der Waals surface area contributed by atoms with E-state index in [-0.39, 0.29) is 18.4 Å². The maximum atomic E-state index is 12.3. The topological polar surface area (TPSA) is 84.9 Å². The Labute approximate surface area is 157 Å². The van der Waals surface area contributed by atoms with Gasteiger partial charge in [-0.3, -0.25) is 9.59 Å². The summed E-state index contributed by atoms with van der Waals surface area (Å²) in [6.07, 6.45) is 0. The number of hydrogen-bond acceptors (Lipinski definition) is 5. The molecular weight excluding hydrogens is 348 g/mol. The molecule has 1 N–H and O–H groups in total. The number of benzene rings is 2. The van der Waals surface area contributed by atoms with E-state index in [0.29, 0.717) is 23.4 Å². The molecule has 2 aromatic rings. The average Bonchev–Trinajstić information content (AvgIpc) is 2.70. The van der Waals surface area contributed by atoms with Gasteiger partial charge in [0.05, 0.1) is 12.7 Å². The molecule has 0 spiro atoms. The zero-order valence-corrected chi connectivity index (χ0v) is 15.5. The molecule has 0 aliphatic rings. The average molecular weight is 370 g/mol. The van der Waals surface area contributed by atoms with E-state index in [4.69, 9.17) is 4.74 Å². The van der Waals surface area contributed by atoms with Crippen LogP contribution in [0.5, 0.6) is 5.75 Å². The van der Waals surface area contributed by atoms with Crippen molar-refractivity contribution < 1.29 is 23.9 Å². The van der Waals surface area contributed by atoms with Crippen molar-refractivity contribution in [2.24, 2.45) is 0 Å². The summed E-state index contributed by atoms with van der Waals surface area (Å²) in [5.74, 6) is -0.396. The predicted molar refractivity (Wildman–Crippen MR) is 99.6 cm³/mol. The van der Waals surface area contributed by atoms with Gasteiger partial charge in [-0.15, -0.1) is 0 Å². The van der Waals surface area contributed by atoms with Crippen molar-refractivity contribution in [2.45, 2.75) is 6.54 Å². The molecule has 0 heterocycles. The number of amides is 2. The molecule has 27 heavy (non-hydrogen) atoms. The number of nitrogens with zero attached hydrogens (tertiary/aromatic N) is 1. The second kappa shape index (κ2) is 9.38. The van der Waals surface area contributed by atoms with Crippen LogP contribution in [-0.4, -0.2) is 50.5 Å². The van der Waals surface area contributed by atoms with Crippen LogP contribution in [0.3, 0.4) is 0 Å². The van der Waals surface area contributed by atoms with Crippen molar-refractivity contribution >= 4 is 17.8 Å². The monoisotopic (exact) mass is 370 g/mol. The molecule has 0 saturated heterocycles. The van der Waals surface area contributed by atoms with Crippen molar-refractivity contribution in [3.8, 4) is 5.75 Å². The predicted octanol–water partition coefficient (Wildman–Crippen LogP) is 1.87. The van der Waals surface area contributed by atoms with Gasteiger partial charge in [-0.2, -0.15) is 0 Å². The highest BCUT2D eigenvalue weighted by Crippen LogP contribution is 2.14. The third-order valence-electron chi connectivity index (χ3n) is 3.79. The Morgan fingerprint density at radius 1 is 1.00 bits per heavy atom. The third kappa shape index (κ3) is 5.85. The van der Waals surface area contributed by atoms with Crippen LogP contribution < -0.4 is 10.1 Å². The van der Waals surface area contributed by atoms with Gasteiger partial charge in [-0.1, -0.05) is 18.2 Å². The first-order chi connectivity index (χ1) is 12.9. The Kier molecular flexibility index (Phi) is 6.93. The number of ether oxygens (including phenoxy) is 2. The number of nitrogens with one attached hydrogen (secondary N) is 1. The zero-order valence-electron chi connectivity index (χ0n) is 15.5. The molecule has 7 nitrogen and oxygen atoms in total. The number of likely N-dealkylation sites (N-methyl/N-ethyl adjacent to an activating group) is 1. The molecule has 0 fully saturated rings. The lowest BCUT2D eigenvalue weighted by Gasteiger charge is -2.12. The van der Waals surface area contributed by atoms with Gasteiger partial charge < -0.3 is 19.7 Å². The van der Waals surface area contributed by atoms with Gasteiger partial charge in [0.1, 0.15) is 5.75 Å². The molecule has 142 valence electrons. The number of hydrogen-bond donors (Lipinski definition) is 1. The SMILES string of the molecule is COC(=O)c1ccc(CNC(=O)c2cccc(OCC(=O)N(C)C)c2)cc1. The van der Waals surface area contributed by atoms with Gasteiger partial charge in [-0.25, -0.2) is 4.79 Å². The van der Waals surface area contributed by atoms with Crippen molar-refractivity contribution in [3.63, 3.8) is 0 Å². The Hall–Kier alpha value is -3.35. The van der Waals surface area contributed by atoms with Gasteiger partial charge in [0.25, 0.3) is 11.8 Å². The second-order valence-electron chi connectivity index (χ2n) is 5.98. The number of rotatable bonds is 7. The summed E-state index contributed by atoms with van der Waals surface area (Å²) < 4.78 is 10.1. The Balaban J connectivity index is 1.93. The lowest BCUT2D eigenvalue weighted by molar-refractivity contribution is -0.130. The van der Waals surface area contributed by atoms with Crippen LogP contribution in [0.2, 0.25) is 0 Å². The maximum Gasteiger partial charge on any atom is 0.337 e. The molecule has 2 aromatic carbocycles. The van der Waals surface area contributed by atoms with Crippen LogP contribution in [0.25, 0.3) is 0 Å². The second-order valence-corrected chi connectivity index (χ2v) is 5.98. The summed E-state index contributed by atoms with van der Waals surface area (Å²) in [7, 11) is 4.62. The summed E-state index contributed by atoms with van der Waals surface area (Å²) >= 11 is 0. The van der Waals surface area contributed by atoms with Gasteiger partial charge in [-0.05, 0) is 35.9 Å². The zero-order chi connectivity index (χ0) is 19.8. The van der Waals surface area contributed by atoms with Gasteiger partial charge >= 0.3 is 5.97 Å². The van der Waals surface area contributed by atoms with Gasteiger partial charge in [0.15, 0.2) is 6.61 Å². The van der Waals surface area contributed by atoms with Crippen molar-refractivity contribution in [2.75, 3.05) is 27.8 Å². The molecule has 2 amide bonds. The van der Waals surface area contributed by atoms with Crippen LogP contribution >= 0.6 is 0 Å². The van der Waals surface area contributed by atoms with E-state index in [1.165, 1.54) is 12.0 Å². The molecule has 0 bridgehead atoms. The summed E-state index contributed by atoms with van der Waals surface area (Å²) in [5, 5.41) is 2.80. The molecule has 0 unspecified atom stereocenters. The molecule has 0 aromatic heterocycles. The highest BCUT2D eigenvalue weighted by Gasteiger charge is 2.09. The molecule has 2 rings (SSSR count). The fourth-order valence-electron chi connectivity index (χ4n) is 2.16. The fraction of sp³-hybridized carbons (Fsp3) is 0.250. The molecule has 0 saturated carbocycles. The quantitative estimate of drug-likeness (QED) is 0.752. The third-order valence-corrected chi connectivity index (χ3v) is 3.79. The van der Waals surface area contributed by atoms with Crippen LogP contribution in [0.15, 0.2) is 48.5 Å². The lowest BCUT2D eigenvalue weighted by atomic mass is 10.1. The summed E-state index contributed by atoms with van der Waals surface area (Å²) in [6, 6.07) is 13.4. The standard InChI is InChI=1S/C20H22N2O5/c1-22(2)18(23)13-27-17-6-4-5-16(11-17)19(24)21-12-14-7-9-15(10-8-14)20(25)26-3/h4-11H,12-13H2,1-3H3,(H,21,24). The minimum absolute atomic E-state index is 0.0926. The van der Waals surface area contributed by atoms with Crippen molar-refractivity contribution in [1.29, 1.82) is 0 Å². The normalized spacial score (nSPS) is 10.0. The van der Waals surface area contributed by atoms with E-state index in [1.54, 1.807) is 62.6 Å². The van der Waals surface area contributed by atoms with E-state index in [2.05, 4.69) is 10.1 Å². The first-order valence-electron chi connectivity index (χ1n) is 8.29.